The molecular formula is C25H17BrO. The minimum absolute atomic E-state index is 0.622. The van der Waals surface area contributed by atoms with Gasteiger partial charge in [0.05, 0.1) is 0 Å². The summed E-state index contributed by atoms with van der Waals surface area (Å²) in [7, 11) is 0. The second-order valence-corrected chi connectivity index (χ2v) is 7.59. The van der Waals surface area contributed by atoms with Gasteiger partial charge in [-0.15, -0.1) is 5.73 Å². The molecule has 1 nitrogen and oxygen atoms in total. The molecule has 5 rings (SSSR count). The Kier molecular flexibility index (Phi) is 3.89. The van der Waals surface area contributed by atoms with Crippen molar-refractivity contribution < 1.29 is 4.74 Å². The number of benzene rings is 2. The summed E-state index contributed by atoms with van der Waals surface area (Å²) >= 11 is 3.82. The van der Waals surface area contributed by atoms with Gasteiger partial charge >= 0.3 is 0 Å². The molecule has 1 atom stereocenters. The molecule has 0 amide bonds. The third kappa shape index (κ3) is 2.53. The van der Waals surface area contributed by atoms with Crippen LogP contribution in [0.5, 0.6) is 5.75 Å². The Bertz CT molecular complexity index is 1130. The molecule has 27 heavy (non-hydrogen) atoms. The molecule has 3 aliphatic rings. The molecule has 0 saturated heterocycles. The van der Waals surface area contributed by atoms with E-state index in [4.69, 9.17) is 4.74 Å². The van der Waals surface area contributed by atoms with Gasteiger partial charge in [0.1, 0.15) is 5.75 Å². The molecule has 2 aliphatic carbocycles. The van der Waals surface area contributed by atoms with Crippen LogP contribution >= 0.6 is 15.9 Å². The Morgan fingerprint density at radius 3 is 2.41 bits per heavy atom. The third-order valence-electron chi connectivity index (χ3n) is 5.12. The first-order chi connectivity index (χ1) is 13.3. The van der Waals surface area contributed by atoms with Crippen molar-refractivity contribution in [1.29, 1.82) is 0 Å². The van der Waals surface area contributed by atoms with Crippen molar-refractivity contribution in [3.05, 3.63) is 112 Å². The zero-order chi connectivity index (χ0) is 18.3. The van der Waals surface area contributed by atoms with Crippen molar-refractivity contribution >= 4 is 32.8 Å². The topological polar surface area (TPSA) is 9.23 Å². The van der Waals surface area contributed by atoms with Gasteiger partial charge in [-0.05, 0) is 41.5 Å². The summed E-state index contributed by atoms with van der Waals surface area (Å²) in [6.07, 6.45) is 19.8. The fourth-order valence-electron chi connectivity index (χ4n) is 3.74. The summed E-state index contributed by atoms with van der Waals surface area (Å²) in [4.78, 5) is 0. The summed E-state index contributed by atoms with van der Waals surface area (Å²) in [5.74, 6) is 0.897. The van der Waals surface area contributed by atoms with Crippen LogP contribution in [-0.2, 0) is 0 Å². The molecule has 0 aromatic heterocycles. The number of halogens is 1. The molecule has 130 valence electrons. The Labute approximate surface area is 167 Å². The van der Waals surface area contributed by atoms with Gasteiger partial charge in [0.15, 0.2) is 0 Å². The lowest BCUT2D eigenvalue weighted by atomic mass is 9.75. The van der Waals surface area contributed by atoms with Crippen LogP contribution in [0, 0.1) is 0 Å². The van der Waals surface area contributed by atoms with Gasteiger partial charge < -0.3 is 4.74 Å². The second kappa shape index (κ2) is 6.42. The van der Waals surface area contributed by atoms with Crippen LogP contribution in [0.2, 0.25) is 0 Å². The van der Waals surface area contributed by atoms with Gasteiger partial charge in [0.25, 0.3) is 0 Å². The summed E-state index contributed by atoms with van der Waals surface area (Å²) < 4.78 is 7.65. The van der Waals surface area contributed by atoms with Crippen LogP contribution in [0.3, 0.4) is 0 Å². The maximum absolute atomic E-state index is 6.64. The molecule has 0 radical (unpaired) electrons. The van der Waals surface area contributed by atoms with E-state index in [0.29, 0.717) is 0 Å². The lowest BCUT2D eigenvalue weighted by Crippen LogP contribution is -2.45. The van der Waals surface area contributed by atoms with E-state index in [-0.39, 0.29) is 0 Å². The average Bonchev–Trinajstić information content (AvgIpc) is 2.67. The standard InChI is InChI=1S/C25H17BrO/c26-24-17-22-21-13-9-8-10-18(21)14-15-23(22)27-25(24)19-11-6-4-2-1-3-5-7-12-20(25)16-19/h2-15,17H,1H2/b4-2-,5-3-,11-6-,12-7?. The van der Waals surface area contributed by atoms with E-state index in [1.165, 1.54) is 10.8 Å². The highest BCUT2D eigenvalue weighted by Gasteiger charge is 2.49. The zero-order valence-electron chi connectivity index (χ0n) is 14.7. The van der Waals surface area contributed by atoms with Crippen molar-refractivity contribution in [1.82, 2.24) is 0 Å². The number of fused-ring (bicyclic) bond motifs is 5. The van der Waals surface area contributed by atoms with E-state index < -0.39 is 5.60 Å². The van der Waals surface area contributed by atoms with Crippen molar-refractivity contribution in [2.24, 2.45) is 0 Å². The first-order valence-electron chi connectivity index (χ1n) is 9.06. The smallest absolute Gasteiger partial charge is 0.205 e. The van der Waals surface area contributed by atoms with Gasteiger partial charge in [-0.2, -0.15) is 0 Å². The van der Waals surface area contributed by atoms with Crippen molar-refractivity contribution in [3.63, 3.8) is 0 Å². The Morgan fingerprint density at radius 1 is 0.889 bits per heavy atom. The molecule has 1 aliphatic heterocycles. The minimum atomic E-state index is -0.622. The molecule has 1 spiro atoms. The van der Waals surface area contributed by atoms with Crippen LogP contribution in [0.15, 0.2) is 106 Å². The summed E-state index contributed by atoms with van der Waals surface area (Å²) in [5, 5.41) is 2.41. The van der Waals surface area contributed by atoms with Gasteiger partial charge in [-0.1, -0.05) is 82.7 Å². The summed E-state index contributed by atoms with van der Waals surface area (Å²) in [6.45, 7) is 0. The first-order valence-corrected chi connectivity index (χ1v) is 9.85. The van der Waals surface area contributed by atoms with E-state index in [9.17, 15) is 0 Å². The second-order valence-electron chi connectivity index (χ2n) is 6.74. The van der Waals surface area contributed by atoms with Crippen LogP contribution in [0.25, 0.3) is 16.8 Å². The average molecular weight is 413 g/mol. The molecule has 2 bridgehead atoms. The molecule has 1 unspecified atom stereocenters. The molecule has 2 heteroatoms. The normalized spacial score (nSPS) is 26.3. The monoisotopic (exact) mass is 412 g/mol. The van der Waals surface area contributed by atoms with E-state index in [2.05, 4.69) is 113 Å². The lowest BCUT2D eigenvalue weighted by Gasteiger charge is -2.42. The molecular weight excluding hydrogens is 396 g/mol. The quantitative estimate of drug-likeness (QED) is 0.432. The van der Waals surface area contributed by atoms with Crippen LogP contribution in [0.4, 0.5) is 0 Å². The van der Waals surface area contributed by atoms with E-state index >= 15 is 0 Å². The minimum Gasteiger partial charge on any atom is -0.470 e. The lowest BCUT2D eigenvalue weighted by molar-refractivity contribution is 0.189. The fourth-order valence-corrected chi connectivity index (χ4v) is 4.48. The number of allylic oxidation sites excluding steroid dienone is 6. The highest BCUT2D eigenvalue weighted by atomic mass is 79.9. The van der Waals surface area contributed by atoms with Gasteiger partial charge in [-0.3, -0.25) is 0 Å². The molecule has 2 aromatic carbocycles. The number of ether oxygens (including phenoxy) is 1. The maximum atomic E-state index is 6.64. The predicted molar refractivity (Wildman–Crippen MR) is 116 cm³/mol. The molecule has 1 heterocycles. The maximum Gasteiger partial charge on any atom is 0.205 e. The Hall–Kier alpha value is -2.80. The van der Waals surface area contributed by atoms with E-state index in [0.717, 1.165) is 33.4 Å². The highest BCUT2D eigenvalue weighted by Crippen LogP contribution is 2.52. The zero-order valence-corrected chi connectivity index (χ0v) is 16.2. The van der Waals surface area contributed by atoms with Crippen molar-refractivity contribution in [2.45, 2.75) is 12.0 Å². The Morgan fingerprint density at radius 2 is 1.63 bits per heavy atom. The van der Waals surface area contributed by atoms with Crippen molar-refractivity contribution in [2.75, 3.05) is 0 Å². The van der Waals surface area contributed by atoms with Gasteiger partial charge in [0.2, 0.25) is 5.60 Å². The third-order valence-corrected chi connectivity index (χ3v) is 5.91. The van der Waals surface area contributed by atoms with Crippen LogP contribution < -0.4 is 4.74 Å². The van der Waals surface area contributed by atoms with E-state index in [1.807, 2.05) is 0 Å². The van der Waals surface area contributed by atoms with Gasteiger partial charge in [-0.25, -0.2) is 0 Å². The highest BCUT2D eigenvalue weighted by molar-refractivity contribution is 9.12. The number of hydrogen-bond donors (Lipinski definition) is 0. The first kappa shape index (κ1) is 16.4. The van der Waals surface area contributed by atoms with Crippen LogP contribution in [0.1, 0.15) is 12.0 Å². The van der Waals surface area contributed by atoms with Crippen molar-refractivity contribution in [3.8, 4) is 5.75 Å². The fraction of sp³-hybridized carbons (Fsp3) is 0.0800. The number of hydrogen-bond acceptors (Lipinski definition) is 1. The Balaban J connectivity index is 1.66. The summed E-state index contributed by atoms with van der Waals surface area (Å²) in [6, 6.07) is 12.6. The van der Waals surface area contributed by atoms with Crippen LogP contribution in [-0.4, -0.2) is 5.60 Å². The molecule has 0 N–H and O–H groups in total. The largest absolute Gasteiger partial charge is 0.470 e. The molecule has 0 fully saturated rings. The predicted octanol–water partition coefficient (Wildman–Crippen LogP) is 6.80. The van der Waals surface area contributed by atoms with E-state index in [1.54, 1.807) is 0 Å². The summed E-state index contributed by atoms with van der Waals surface area (Å²) in [5.41, 5.74) is 6.00. The SMILES string of the molecule is BrC1=Cc2c(ccc3ccccc23)OC12C1=C=C2/C=C\C=C/C/C=C\C=C1. The molecule has 0 saturated carbocycles. The number of rotatable bonds is 0. The molecule has 2 aromatic rings. The van der Waals surface area contributed by atoms with Gasteiger partial charge in [0, 0.05) is 21.2 Å².